The SMILES string of the molecule is C[C@H]1C[C@]2(CCN1Cc1cccc(Oc3ccccc3)c1)CNSN2c1cccc(F)c1. The third-order valence-electron chi connectivity index (χ3n) is 6.46. The van der Waals surface area contributed by atoms with E-state index in [9.17, 15) is 4.39 Å². The van der Waals surface area contributed by atoms with E-state index in [1.165, 1.54) is 11.6 Å². The van der Waals surface area contributed by atoms with Crippen LogP contribution in [0.15, 0.2) is 78.9 Å². The predicted octanol–water partition coefficient (Wildman–Crippen LogP) is 6.01. The fraction of sp³-hybridized carbons (Fsp3) is 0.308. The molecule has 2 fully saturated rings. The van der Waals surface area contributed by atoms with Crippen LogP contribution < -0.4 is 13.8 Å². The van der Waals surface area contributed by atoms with Crippen molar-refractivity contribution in [2.45, 2.75) is 37.9 Å². The number of halogens is 1. The maximum absolute atomic E-state index is 13.9. The maximum Gasteiger partial charge on any atom is 0.127 e. The van der Waals surface area contributed by atoms with Crippen molar-refractivity contribution >= 4 is 17.8 Å². The zero-order valence-corrected chi connectivity index (χ0v) is 19.0. The highest BCUT2D eigenvalue weighted by atomic mass is 32.2. The minimum absolute atomic E-state index is 0.00659. The molecule has 0 radical (unpaired) electrons. The Morgan fingerprint density at radius 3 is 2.66 bits per heavy atom. The zero-order valence-electron chi connectivity index (χ0n) is 18.2. The predicted molar refractivity (Wildman–Crippen MR) is 129 cm³/mol. The Morgan fingerprint density at radius 1 is 1.03 bits per heavy atom. The largest absolute Gasteiger partial charge is 0.457 e. The van der Waals surface area contributed by atoms with Crippen molar-refractivity contribution in [2.24, 2.45) is 0 Å². The number of nitrogens with one attached hydrogen (secondary N) is 1. The second-order valence-electron chi connectivity index (χ2n) is 8.75. The lowest BCUT2D eigenvalue weighted by Crippen LogP contribution is -2.56. The lowest BCUT2D eigenvalue weighted by molar-refractivity contribution is 0.106. The molecule has 6 heteroatoms. The minimum Gasteiger partial charge on any atom is -0.457 e. The van der Waals surface area contributed by atoms with Gasteiger partial charge in [0.05, 0.1) is 11.2 Å². The molecule has 2 heterocycles. The summed E-state index contributed by atoms with van der Waals surface area (Å²) in [6.07, 6.45) is 2.07. The molecule has 1 spiro atoms. The molecular formula is C26H28FN3OS. The molecule has 0 saturated carbocycles. The van der Waals surface area contributed by atoms with Gasteiger partial charge < -0.3 is 4.74 Å². The van der Waals surface area contributed by atoms with Gasteiger partial charge in [-0.1, -0.05) is 36.4 Å². The number of anilines is 1. The first-order chi connectivity index (χ1) is 15.6. The number of nitrogens with zero attached hydrogens (tertiary/aromatic N) is 2. The van der Waals surface area contributed by atoms with Crippen LogP contribution in [0.3, 0.4) is 0 Å². The van der Waals surface area contributed by atoms with E-state index in [-0.39, 0.29) is 11.4 Å². The van der Waals surface area contributed by atoms with Crippen LogP contribution in [0.5, 0.6) is 11.5 Å². The second-order valence-corrected chi connectivity index (χ2v) is 9.58. The number of ether oxygens (including phenoxy) is 1. The van der Waals surface area contributed by atoms with Gasteiger partial charge in [0.1, 0.15) is 17.3 Å². The zero-order chi connectivity index (χ0) is 22.0. The van der Waals surface area contributed by atoms with Crippen molar-refractivity contribution in [3.63, 3.8) is 0 Å². The molecule has 5 rings (SSSR count). The average molecular weight is 450 g/mol. The van der Waals surface area contributed by atoms with Gasteiger partial charge in [0.2, 0.25) is 0 Å². The topological polar surface area (TPSA) is 27.7 Å². The summed E-state index contributed by atoms with van der Waals surface area (Å²) in [5, 5.41) is 0. The van der Waals surface area contributed by atoms with Crippen LogP contribution >= 0.6 is 12.1 Å². The number of hydrogen-bond acceptors (Lipinski definition) is 5. The van der Waals surface area contributed by atoms with Gasteiger partial charge in [0.25, 0.3) is 0 Å². The van der Waals surface area contributed by atoms with Gasteiger partial charge in [-0.05, 0) is 67.8 Å². The highest BCUT2D eigenvalue weighted by molar-refractivity contribution is 7.99. The molecule has 3 aromatic carbocycles. The van der Waals surface area contributed by atoms with Gasteiger partial charge in [-0.3, -0.25) is 9.21 Å². The van der Waals surface area contributed by atoms with E-state index in [4.69, 9.17) is 4.74 Å². The van der Waals surface area contributed by atoms with E-state index in [0.717, 1.165) is 49.7 Å². The van der Waals surface area contributed by atoms with Crippen molar-refractivity contribution in [3.8, 4) is 11.5 Å². The fourth-order valence-electron chi connectivity index (χ4n) is 4.83. The van der Waals surface area contributed by atoms with Gasteiger partial charge in [0.15, 0.2) is 0 Å². The van der Waals surface area contributed by atoms with Crippen molar-refractivity contribution < 1.29 is 9.13 Å². The first kappa shape index (κ1) is 21.3. The highest BCUT2D eigenvalue weighted by Gasteiger charge is 2.46. The van der Waals surface area contributed by atoms with Gasteiger partial charge >= 0.3 is 0 Å². The van der Waals surface area contributed by atoms with Crippen LogP contribution in [0.25, 0.3) is 0 Å². The maximum atomic E-state index is 13.9. The molecule has 2 atom stereocenters. The van der Waals surface area contributed by atoms with Gasteiger partial charge in [0, 0.05) is 37.8 Å². The molecular weight excluding hydrogens is 421 g/mol. The summed E-state index contributed by atoms with van der Waals surface area (Å²) < 4.78 is 25.6. The summed E-state index contributed by atoms with van der Waals surface area (Å²) in [5.74, 6) is 1.53. The fourth-order valence-corrected chi connectivity index (χ4v) is 5.93. The summed E-state index contributed by atoms with van der Waals surface area (Å²) in [6, 6.07) is 25.6. The van der Waals surface area contributed by atoms with Gasteiger partial charge in [-0.25, -0.2) is 9.11 Å². The molecule has 0 unspecified atom stereocenters. The summed E-state index contributed by atoms with van der Waals surface area (Å²) in [5.41, 5.74) is 2.20. The van der Waals surface area contributed by atoms with Gasteiger partial charge in [-0.15, -0.1) is 0 Å². The molecule has 32 heavy (non-hydrogen) atoms. The Kier molecular flexibility index (Phi) is 6.09. The van der Waals surface area contributed by atoms with Crippen LogP contribution in [0.4, 0.5) is 10.1 Å². The van der Waals surface area contributed by atoms with Crippen molar-refractivity contribution in [1.29, 1.82) is 0 Å². The van der Waals surface area contributed by atoms with Crippen molar-refractivity contribution in [3.05, 3.63) is 90.2 Å². The summed E-state index contributed by atoms with van der Waals surface area (Å²) >= 11 is 1.60. The number of para-hydroxylation sites is 1. The Hall–Kier alpha value is -2.54. The van der Waals surface area contributed by atoms with E-state index < -0.39 is 0 Å². The number of hydrogen-bond donors (Lipinski definition) is 1. The number of likely N-dealkylation sites (tertiary alicyclic amines) is 1. The van der Waals surface area contributed by atoms with E-state index in [1.807, 2.05) is 42.5 Å². The number of rotatable bonds is 5. The molecule has 2 aliphatic heterocycles. The van der Waals surface area contributed by atoms with Crippen LogP contribution in [0, 0.1) is 5.82 Å². The molecule has 2 aliphatic rings. The van der Waals surface area contributed by atoms with Crippen molar-refractivity contribution in [1.82, 2.24) is 9.62 Å². The van der Waals surface area contributed by atoms with Crippen LogP contribution in [0.1, 0.15) is 25.3 Å². The molecule has 0 aliphatic carbocycles. The van der Waals surface area contributed by atoms with Crippen LogP contribution in [-0.2, 0) is 6.54 Å². The molecule has 0 bridgehead atoms. The Bertz CT molecular complexity index is 1070. The van der Waals surface area contributed by atoms with Crippen LogP contribution in [0.2, 0.25) is 0 Å². The normalized spacial score (nSPS) is 23.6. The summed E-state index contributed by atoms with van der Waals surface area (Å²) in [7, 11) is 0. The first-order valence-electron chi connectivity index (χ1n) is 11.1. The molecule has 0 aromatic heterocycles. The molecule has 4 nitrogen and oxygen atoms in total. The summed E-state index contributed by atoms with van der Waals surface area (Å²) in [4.78, 5) is 2.54. The van der Waals surface area contributed by atoms with E-state index >= 15 is 0 Å². The monoisotopic (exact) mass is 449 g/mol. The van der Waals surface area contributed by atoms with E-state index in [0.29, 0.717) is 6.04 Å². The quantitative estimate of drug-likeness (QED) is 0.481. The standard InChI is InChI=1S/C26H28FN3OS/c1-20-17-26(19-28-32-30(26)23-9-6-8-22(27)16-23)13-14-29(20)18-21-7-5-12-25(15-21)31-24-10-3-2-4-11-24/h2-12,15-16,20,28H,13-14,17-19H2,1H3/t20-,26+/m0/s1. The molecule has 2 saturated heterocycles. The number of benzene rings is 3. The molecule has 3 aromatic rings. The Labute approximate surface area is 193 Å². The molecule has 166 valence electrons. The highest BCUT2D eigenvalue weighted by Crippen LogP contribution is 2.43. The van der Waals surface area contributed by atoms with E-state index in [1.54, 1.807) is 24.3 Å². The van der Waals surface area contributed by atoms with Crippen molar-refractivity contribution in [2.75, 3.05) is 17.4 Å². The van der Waals surface area contributed by atoms with Gasteiger partial charge in [-0.2, -0.15) is 0 Å². The first-order valence-corrected chi connectivity index (χ1v) is 11.9. The lowest BCUT2D eigenvalue weighted by Gasteiger charge is -2.47. The molecule has 1 N–H and O–H groups in total. The second kappa shape index (κ2) is 9.14. The average Bonchev–Trinajstić information content (AvgIpc) is 3.19. The molecule has 0 amide bonds. The third-order valence-corrected chi connectivity index (χ3v) is 7.51. The minimum atomic E-state index is -0.187. The number of piperidine rings is 1. The Morgan fingerprint density at radius 2 is 1.84 bits per heavy atom. The summed E-state index contributed by atoms with van der Waals surface area (Å²) in [6.45, 7) is 5.10. The van der Waals surface area contributed by atoms with E-state index in [2.05, 4.69) is 39.1 Å². The Balaban J connectivity index is 1.27. The smallest absolute Gasteiger partial charge is 0.127 e. The lowest BCUT2D eigenvalue weighted by atomic mass is 9.83. The van der Waals surface area contributed by atoms with Crippen LogP contribution in [-0.4, -0.2) is 29.6 Å². The third kappa shape index (κ3) is 4.49.